The average molecular weight is 318 g/mol. The number of piperidine rings is 1. The summed E-state index contributed by atoms with van der Waals surface area (Å²) in [5, 5.41) is 0.429. The molecule has 0 spiro atoms. The molecule has 112 valence electrons. The molecule has 2 rings (SSSR count). The summed E-state index contributed by atoms with van der Waals surface area (Å²) in [7, 11) is -3.46. The van der Waals surface area contributed by atoms with Crippen molar-refractivity contribution in [2.24, 2.45) is 5.92 Å². The van der Waals surface area contributed by atoms with Gasteiger partial charge in [-0.2, -0.15) is 4.31 Å². The van der Waals surface area contributed by atoms with Gasteiger partial charge >= 0.3 is 0 Å². The minimum atomic E-state index is -3.46. The van der Waals surface area contributed by atoms with Gasteiger partial charge < -0.3 is 4.74 Å². The molecule has 6 heteroatoms. The summed E-state index contributed by atoms with van der Waals surface area (Å²) in [5.41, 5.74) is 0. The van der Waals surface area contributed by atoms with Crippen LogP contribution >= 0.6 is 11.6 Å². The van der Waals surface area contributed by atoms with Crippen molar-refractivity contribution in [1.29, 1.82) is 0 Å². The van der Waals surface area contributed by atoms with Gasteiger partial charge in [0, 0.05) is 19.2 Å². The predicted octanol–water partition coefficient (Wildman–Crippen LogP) is 3.16. The van der Waals surface area contributed by atoms with E-state index >= 15 is 0 Å². The SMILES string of the molecule is CCOc1cc(S(=O)(=O)N2CCC[C@H](C)C2)ccc1Cl. The van der Waals surface area contributed by atoms with Crippen LogP contribution in [0.1, 0.15) is 26.7 Å². The minimum absolute atomic E-state index is 0.249. The van der Waals surface area contributed by atoms with Crippen LogP contribution in [0, 0.1) is 5.92 Å². The van der Waals surface area contributed by atoms with Crippen LogP contribution in [0.3, 0.4) is 0 Å². The maximum Gasteiger partial charge on any atom is 0.243 e. The van der Waals surface area contributed by atoms with E-state index in [-0.39, 0.29) is 4.90 Å². The fourth-order valence-electron chi connectivity index (χ4n) is 2.42. The van der Waals surface area contributed by atoms with Crippen LogP contribution in [-0.4, -0.2) is 32.4 Å². The molecule has 0 aromatic heterocycles. The van der Waals surface area contributed by atoms with Crippen molar-refractivity contribution in [2.45, 2.75) is 31.6 Å². The molecule has 0 radical (unpaired) electrons. The Hall–Kier alpha value is -0.780. The number of hydrogen-bond acceptors (Lipinski definition) is 3. The first-order valence-electron chi connectivity index (χ1n) is 6.87. The molecule has 1 aliphatic heterocycles. The van der Waals surface area contributed by atoms with Gasteiger partial charge in [0.05, 0.1) is 16.5 Å². The van der Waals surface area contributed by atoms with Gasteiger partial charge in [-0.15, -0.1) is 0 Å². The van der Waals surface area contributed by atoms with E-state index in [0.29, 0.717) is 36.4 Å². The number of rotatable bonds is 4. The first-order valence-corrected chi connectivity index (χ1v) is 8.69. The van der Waals surface area contributed by atoms with E-state index < -0.39 is 10.0 Å². The molecule has 0 bridgehead atoms. The van der Waals surface area contributed by atoms with Gasteiger partial charge in [-0.3, -0.25) is 0 Å². The van der Waals surface area contributed by atoms with Crippen molar-refractivity contribution < 1.29 is 13.2 Å². The summed E-state index contributed by atoms with van der Waals surface area (Å²) in [5.74, 6) is 0.817. The van der Waals surface area contributed by atoms with Gasteiger partial charge in [0.2, 0.25) is 10.0 Å². The van der Waals surface area contributed by atoms with Crippen LogP contribution in [0.2, 0.25) is 5.02 Å². The zero-order chi connectivity index (χ0) is 14.8. The summed E-state index contributed by atoms with van der Waals surface area (Å²) < 4.78 is 32.2. The molecule has 1 saturated heterocycles. The van der Waals surface area contributed by atoms with Gasteiger partial charge in [-0.1, -0.05) is 18.5 Å². The molecular formula is C14H20ClNO3S. The first-order chi connectivity index (χ1) is 9.45. The normalized spacial score (nSPS) is 20.9. The second kappa shape index (κ2) is 6.33. The third kappa shape index (κ3) is 3.27. The summed E-state index contributed by atoms with van der Waals surface area (Å²) in [4.78, 5) is 0.249. The molecule has 1 aliphatic rings. The Morgan fingerprint density at radius 1 is 1.45 bits per heavy atom. The number of hydrogen-bond donors (Lipinski definition) is 0. The van der Waals surface area contributed by atoms with Gasteiger partial charge in [-0.05, 0) is 37.8 Å². The molecule has 1 fully saturated rings. The van der Waals surface area contributed by atoms with Crippen LogP contribution in [0.25, 0.3) is 0 Å². The number of nitrogens with zero attached hydrogens (tertiary/aromatic N) is 1. The van der Waals surface area contributed by atoms with Gasteiger partial charge in [0.15, 0.2) is 0 Å². The minimum Gasteiger partial charge on any atom is -0.492 e. The number of halogens is 1. The molecular weight excluding hydrogens is 298 g/mol. The number of benzene rings is 1. The van der Waals surface area contributed by atoms with Crippen molar-refractivity contribution in [2.75, 3.05) is 19.7 Å². The lowest BCUT2D eigenvalue weighted by Crippen LogP contribution is -2.39. The highest BCUT2D eigenvalue weighted by atomic mass is 35.5. The van der Waals surface area contributed by atoms with E-state index in [1.165, 1.54) is 6.07 Å². The van der Waals surface area contributed by atoms with E-state index in [9.17, 15) is 8.42 Å². The van der Waals surface area contributed by atoms with E-state index in [1.807, 2.05) is 6.92 Å². The Balaban J connectivity index is 2.31. The third-order valence-electron chi connectivity index (χ3n) is 3.46. The molecule has 0 N–H and O–H groups in total. The smallest absolute Gasteiger partial charge is 0.243 e. The fourth-order valence-corrected chi connectivity index (χ4v) is 4.21. The lowest BCUT2D eigenvalue weighted by atomic mass is 10.0. The summed E-state index contributed by atoms with van der Waals surface area (Å²) >= 11 is 6.00. The summed E-state index contributed by atoms with van der Waals surface area (Å²) in [6.45, 7) is 5.52. The Labute approximate surface area is 125 Å². The Morgan fingerprint density at radius 3 is 2.85 bits per heavy atom. The van der Waals surface area contributed by atoms with Crippen LogP contribution in [-0.2, 0) is 10.0 Å². The van der Waals surface area contributed by atoms with Crippen LogP contribution < -0.4 is 4.74 Å². The highest BCUT2D eigenvalue weighted by molar-refractivity contribution is 7.89. The number of sulfonamides is 1. The van der Waals surface area contributed by atoms with Crippen molar-refractivity contribution in [3.8, 4) is 5.75 Å². The largest absolute Gasteiger partial charge is 0.492 e. The Morgan fingerprint density at radius 2 is 2.20 bits per heavy atom. The van der Waals surface area contributed by atoms with Crippen molar-refractivity contribution in [3.63, 3.8) is 0 Å². The van der Waals surface area contributed by atoms with Crippen LogP contribution in [0.15, 0.2) is 23.1 Å². The zero-order valence-electron chi connectivity index (χ0n) is 11.8. The molecule has 0 unspecified atom stereocenters. The average Bonchev–Trinajstić information content (AvgIpc) is 2.41. The van der Waals surface area contributed by atoms with E-state index in [2.05, 4.69) is 6.92 Å². The zero-order valence-corrected chi connectivity index (χ0v) is 13.4. The van der Waals surface area contributed by atoms with Crippen molar-refractivity contribution >= 4 is 21.6 Å². The second-order valence-corrected chi connectivity index (χ2v) is 7.48. The molecule has 1 atom stereocenters. The van der Waals surface area contributed by atoms with Crippen molar-refractivity contribution in [3.05, 3.63) is 23.2 Å². The Kier molecular flexibility index (Phi) is 4.94. The molecule has 0 amide bonds. The highest BCUT2D eigenvalue weighted by Crippen LogP contribution is 2.30. The van der Waals surface area contributed by atoms with E-state index in [4.69, 9.17) is 16.3 Å². The lowest BCUT2D eigenvalue weighted by molar-refractivity contribution is 0.281. The highest BCUT2D eigenvalue weighted by Gasteiger charge is 2.29. The van der Waals surface area contributed by atoms with Crippen molar-refractivity contribution in [1.82, 2.24) is 4.31 Å². The molecule has 4 nitrogen and oxygen atoms in total. The second-order valence-electron chi connectivity index (χ2n) is 5.14. The van der Waals surface area contributed by atoms with Crippen LogP contribution in [0.5, 0.6) is 5.75 Å². The van der Waals surface area contributed by atoms with Crippen LogP contribution in [0.4, 0.5) is 0 Å². The first kappa shape index (κ1) is 15.6. The topological polar surface area (TPSA) is 46.6 Å². The molecule has 0 aliphatic carbocycles. The maximum atomic E-state index is 12.6. The van der Waals surface area contributed by atoms with E-state index in [1.54, 1.807) is 16.4 Å². The fraction of sp³-hybridized carbons (Fsp3) is 0.571. The maximum absolute atomic E-state index is 12.6. The molecule has 1 heterocycles. The predicted molar refractivity (Wildman–Crippen MR) is 79.8 cm³/mol. The van der Waals surface area contributed by atoms with Gasteiger partial charge in [0.1, 0.15) is 5.75 Å². The molecule has 0 saturated carbocycles. The van der Waals surface area contributed by atoms with Gasteiger partial charge in [-0.25, -0.2) is 8.42 Å². The van der Waals surface area contributed by atoms with Gasteiger partial charge in [0.25, 0.3) is 0 Å². The third-order valence-corrected chi connectivity index (χ3v) is 5.63. The quantitative estimate of drug-likeness (QED) is 0.857. The molecule has 1 aromatic rings. The Bertz CT molecular complexity index is 574. The lowest BCUT2D eigenvalue weighted by Gasteiger charge is -2.30. The standard InChI is InChI=1S/C14H20ClNO3S/c1-3-19-14-9-12(6-7-13(14)15)20(17,18)16-8-4-5-11(2)10-16/h6-7,9,11H,3-5,8,10H2,1-2H3/t11-/m0/s1. The summed E-state index contributed by atoms with van der Waals surface area (Å²) in [6.07, 6.45) is 1.99. The molecule has 20 heavy (non-hydrogen) atoms. The van der Waals surface area contributed by atoms with E-state index in [0.717, 1.165) is 12.8 Å². The molecule has 1 aromatic carbocycles. The summed E-state index contributed by atoms with van der Waals surface area (Å²) in [6, 6.07) is 4.63. The number of ether oxygens (including phenoxy) is 1. The monoisotopic (exact) mass is 317 g/mol.